The number of ether oxygens (including phenoxy) is 1. The standard InChI is InChI=1S/C13H19NO/c1-8-4-5-11(12(14)6-8)13-7-9(2)10(3)15-13/h5-10H,4,14H2,1-3H3. The summed E-state index contributed by atoms with van der Waals surface area (Å²) in [7, 11) is 0. The lowest BCUT2D eigenvalue weighted by Gasteiger charge is -2.18. The lowest BCUT2D eigenvalue weighted by molar-refractivity contribution is 0.140. The summed E-state index contributed by atoms with van der Waals surface area (Å²) in [6.45, 7) is 6.44. The zero-order valence-corrected chi connectivity index (χ0v) is 9.66. The minimum absolute atomic E-state index is 0.271. The maximum Gasteiger partial charge on any atom is 0.125 e. The van der Waals surface area contributed by atoms with Gasteiger partial charge >= 0.3 is 0 Å². The third-order valence-corrected chi connectivity index (χ3v) is 3.20. The molecule has 3 unspecified atom stereocenters. The predicted octanol–water partition coefficient (Wildman–Crippen LogP) is 2.73. The predicted molar refractivity (Wildman–Crippen MR) is 61.9 cm³/mol. The van der Waals surface area contributed by atoms with Crippen LogP contribution in [0.4, 0.5) is 0 Å². The fraction of sp³-hybridized carbons (Fsp3) is 0.538. The molecule has 3 atom stereocenters. The second kappa shape index (κ2) is 3.76. The molecule has 2 aliphatic rings. The first kappa shape index (κ1) is 10.3. The van der Waals surface area contributed by atoms with Crippen LogP contribution in [0.25, 0.3) is 0 Å². The first-order valence-corrected chi connectivity index (χ1v) is 5.64. The number of hydrogen-bond acceptors (Lipinski definition) is 2. The molecule has 0 aromatic heterocycles. The van der Waals surface area contributed by atoms with Crippen LogP contribution in [0.1, 0.15) is 27.2 Å². The van der Waals surface area contributed by atoms with Crippen molar-refractivity contribution in [1.29, 1.82) is 0 Å². The third kappa shape index (κ3) is 1.94. The van der Waals surface area contributed by atoms with E-state index < -0.39 is 0 Å². The van der Waals surface area contributed by atoms with Gasteiger partial charge in [-0.05, 0) is 25.3 Å². The van der Waals surface area contributed by atoms with E-state index in [1.54, 1.807) is 0 Å². The summed E-state index contributed by atoms with van der Waals surface area (Å²) in [6, 6.07) is 0. The van der Waals surface area contributed by atoms with Gasteiger partial charge < -0.3 is 10.5 Å². The van der Waals surface area contributed by atoms with Crippen molar-refractivity contribution in [2.45, 2.75) is 33.3 Å². The Hall–Kier alpha value is -1.18. The summed E-state index contributed by atoms with van der Waals surface area (Å²) in [5, 5.41) is 0. The van der Waals surface area contributed by atoms with Gasteiger partial charge in [-0.25, -0.2) is 0 Å². The molecular weight excluding hydrogens is 186 g/mol. The number of nitrogens with two attached hydrogens (primary N) is 1. The van der Waals surface area contributed by atoms with Crippen molar-refractivity contribution >= 4 is 0 Å². The molecule has 0 bridgehead atoms. The van der Waals surface area contributed by atoms with E-state index in [0.29, 0.717) is 11.8 Å². The summed E-state index contributed by atoms with van der Waals surface area (Å²) in [5.41, 5.74) is 7.96. The first-order valence-electron chi connectivity index (χ1n) is 5.64. The second-order valence-corrected chi connectivity index (χ2v) is 4.67. The van der Waals surface area contributed by atoms with E-state index in [2.05, 4.69) is 39.0 Å². The smallest absolute Gasteiger partial charge is 0.125 e. The third-order valence-electron chi connectivity index (χ3n) is 3.20. The molecule has 1 heterocycles. The normalized spacial score (nSPS) is 35.4. The Morgan fingerprint density at radius 3 is 2.53 bits per heavy atom. The Balaban J connectivity index is 2.20. The first-order chi connectivity index (χ1) is 7.08. The van der Waals surface area contributed by atoms with Crippen molar-refractivity contribution in [3.63, 3.8) is 0 Å². The van der Waals surface area contributed by atoms with Gasteiger partial charge in [-0.15, -0.1) is 0 Å². The highest BCUT2D eigenvalue weighted by atomic mass is 16.5. The molecule has 2 nitrogen and oxygen atoms in total. The van der Waals surface area contributed by atoms with Crippen LogP contribution in [-0.2, 0) is 4.74 Å². The summed E-state index contributed by atoms with van der Waals surface area (Å²) in [4.78, 5) is 0. The molecule has 0 spiro atoms. The molecule has 1 aliphatic heterocycles. The Morgan fingerprint density at radius 1 is 1.27 bits per heavy atom. The molecule has 2 heteroatoms. The molecule has 0 saturated carbocycles. The molecule has 0 radical (unpaired) electrons. The summed E-state index contributed by atoms with van der Waals surface area (Å²) in [6.07, 6.45) is 7.81. The van der Waals surface area contributed by atoms with Crippen LogP contribution in [-0.4, -0.2) is 6.10 Å². The molecule has 0 aromatic carbocycles. The quantitative estimate of drug-likeness (QED) is 0.714. The molecule has 1 aliphatic carbocycles. The molecule has 0 fully saturated rings. The highest BCUT2D eigenvalue weighted by Gasteiger charge is 2.25. The van der Waals surface area contributed by atoms with Crippen LogP contribution in [0.3, 0.4) is 0 Å². The van der Waals surface area contributed by atoms with Crippen molar-refractivity contribution in [3.05, 3.63) is 35.3 Å². The average molecular weight is 205 g/mol. The molecule has 15 heavy (non-hydrogen) atoms. The molecular formula is C13H19NO. The zero-order valence-electron chi connectivity index (χ0n) is 9.66. The van der Waals surface area contributed by atoms with Crippen LogP contribution >= 0.6 is 0 Å². The van der Waals surface area contributed by atoms with E-state index in [1.807, 2.05) is 0 Å². The molecule has 2 N–H and O–H groups in total. The maximum absolute atomic E-state index is 6.01. The molecule has 2 rings (SSSR count). The summed E-state index contributed by atoms with van der Waals surface area (Å²) in [5.74, 6) is 1.99. The number of hydrogen-bond donors (Lipinski definition) is 1. The Labute approximate surface area is 91.5 Å². The van der Waals surface area contributed by atoms with Crippen molar-refractivity contribution in [2.75, 3.05) is 0 Å². The van der Waals surface area contributed by atoms with E-state index in [1.165, 1.54) is 0 Å². The average Bonchev–Trinajstić information content (AvgIpc) is 2.46. The van der Waals surface area contributed by atoms with E-state index in [4.69, 9.17) is 10.5 Å². The highest BCUT2D eigenvalue weighted by Crippen LogP contribution is 2.32. The fourth-order valence-corrected chi connectivity index (χ4v) is 2.00. The number of allylic oxidation sites excluding steroid dienone is 2. The lowest BCUT2D eigenvalue weighted by atomic mass is 9.94. The van der Waals surface area contributed by atoms with Crippen LogP contribution < -0.4 is 5.73 Å². The SMILES string of the molecule is CC1C=C(N)C(C2=CC(C)C(C)O2)=CC1. The van der Waals surface area contributed by atoms with Gasteiger partial charge in [0.15, 0.2) is 0 Å². The van der Waals surface area contributed by atoms with Crippen molar-refractivity contribution in [2.24, 2.45) is 17.6 Å². The van der Waals surface area contributed by atoms with E-state index in [0.717, 1.165) is 23.5 Å². The Kier molecular flexibility index (Phi) is 2.59. The summed E-state index contributed by atoms with van der Waals surface area (Å²) < 4.78 is 5.79. The second-order valence-electron chi connectivity index (χ2n) is 4.67. The largest absolute Gasteiger partial charge is 0.490 e. The van der Waals surface area contributed by atoms with Gasteiger partial charge in [0.1, 0.15) is 11.9 Å². The van der Waals surface area contributed by atoms with Gasteiger partial charge in [0.2, 0.25) is 0 Å². The minimum Gasteiger partial charge on any atom is -0.490 e. The Morgan fingerprint density at radius 2 is 2.00 bits per heavy atom. The molecule has 0 aromatic rings. The van der Waals surface area contributed by atoms with E-state index in [-0.39, 0.29) is 6.10 Å². The van der Waals surface area contributed by atoms with Crippen LogP contribution in [0.2, 0.25) is 0 Å². The Bertz CT molecular complexity index is 352. The van der Waals surface area contributed by atoms with Crippen LogP contribution in [0, 0.1) is 11.8 Å². The molecule has 0 saturated heterocycles. The van der Waals surface area contributed by atoms with Crippen molar-refractivity contribution in [1.82, 2.24) is 0 Å². The maximum atomic E-state index is 6.01. The highest BCUT2D eigenvalue weighted by molar-refractivity contribution is 5.45. The van der Waals surface area contributed by atoms with Crippen LogP contribution in [0.15, 0.2) is 35.3 Å². The summed E-state index contributed by atoms with van der Waals surface area (Å²) >= 11 is 0. The number of rotatable bonds is 1. The minimum atomic E-state index is 0.271. The van der Waals surface area contributed by atoms with Crippen molar-refractivity contribution in [3.8, 4) is 0 Å². The van der Waals surface area contributed by atoms with Gasteiger partial charge in [0.05, 0.1) is 0 Å². The van der Waals surface area contributed by atoms with Gasteiger partial charge in [0, 0.05) is 17.2 Å². The van der Waals surface area contributed by atoms with Gasteiger partial charge in [0.25, 0.3) is 0 Å². The van der Waals surface area contributed by atoms with E-state index >= 15 is 0 Å². The molecule has 0 amide bonds. The van der Waals surface area contributed by atoms with Crippen LogP contribution in [0.5, 0.6) is 0 Å². The van der Waals surface area contributed by atoms with E-state index in [9.17, 15) is 0 Å². The fourth-order valence-electron chi connectivity index (χ4n) is 2.00. The molecule has 82 valence electrons. The van der Waals surface area contributed by atoms with Gasteiger partial charge in [-0.1, -0.05) is 26.0 Å². The van der Waals surface area contributed by atoms with Gasteiger partial charge in [-0.3, -0.25) is 0 Å². The lowest BCUT2D eigenvalue weighted by Crippen LogP contribution is -2.12. The van der Waals surface area contributed by atoms with Crippen molar-refractivity contribution < 1.29 is 4.74 Å². The monoisotopic (exact) mass is 205 g/mol. The zero-order chi connectivity index (χ0) is 11.0. The topological polar surface area (TPSA) is 35.2 Å². The van der Waals surface area contributed by atoms with Gasteiger partial charge in [-0.2, -0.15) is 0 Å².